The number of benzene rings is 1. The fourth-order valence-electron chi connectivity index (χ4n) is 1.92. The summed E-state index contributed by atoms with van der Waals surface area (Å²) in [5, 5.41) is 14.6. The van der Waals surface area contributed by atoms with Crippen LogP contribution in [0.15, 0.2) is 36.9 Å². The van der Waals surface area contributed by atoms with Gasteiger partial charge in [-0.05, 0) is 19.1 Å². The zero-order valence-corrected chi connectivity index (χ0v) is 11.7. The van der Waals surface area contributed by atoms with Gasteiger partial charge >= 0.3 is 0 Å². The molecule has 1 aromatic heterocycles. The fourth-order valence-corrected chi connectivity index (χ4v) is 2.08. The second-order valence-electron chi connectivity index (χ2n) is 4.57. The number of aromatic nitrogens is 2. The van der Waals surface area contributed by atoms with Crippen LogP contribution in [0.1, 0.15) is 12.5 Å². The third-order valence-corrected chi connectivity index (χ3v) is 3.16. The molecule has 1 unspecified atom stereocenters. The summed E-state index contributed by atoms with van der Waals surface area (Å²) in [6.07, 6.45) is 5.34. The Hall–Kier alpha value is -1.92. The molecule has 0 bridgehead atoms. The van der Waals surface area contributed by atoms with Gasteiger partial charge in [0, 0.05) is 48.2 Å². The number of nitro benzene ring substituents is 1. The van der Waals surface area contributed by atoms with E-state index in [4.69, 9.17) is 11.6 Å². The molecule has 1 N–H and O–H groups in total. The smallest absolute Gasteiger partial charge is 0.275 e. The summed E-state index contributed by atoms with van der Waals surface area (Å²) in [7, 11) is 0. The van der Waals surface area contributed by atoms with Crippen molar-refractivity contribution < 1.29 is 4.92 Å². The molecule has 0 saturated heterocycles. The SMILES string of the molecule is CC(Cn1ccnc1)NCc1ccc(Cl)cc1[N+](=O)[O-]. The molecular weight excluding hydrogens is 280 g/mol. The maximum Gasteiger partial charge on any atom is 0.275 e. The van der Waals surface area contributed by atoms with Gasteiger partial charge in [-0.25, -0.2) is 4.98 Å². The van der Waals surface area contributed by atoms with E-state index in [1.54, 1.807) is 24.7 Å². The lowest BCUT2D eigenvalue weighted by Gasteiger charge is -2.14. The van der Waals surface area contributed by atoms with Crippen LogP contribution in [-0.4, -0.2) is 20.5 Å². The molecule has 6 nitrogen and oxygen atoms in total. The van der Waals surface area contributed by atoms with Crippen LogP contribution in [0.4, 0.5) is 5.69 Å². The zero-order valence-electron chi connectivity index (χ0n) is 11.0. The van der Waals surface area contributed by atoms with Crippen LogP contribution in [0, 0.1) is 10.1 Å². The molecule has 0 radical (unpaired) electrons. The molecule has 0 aliphatic carbocycles. The molecule has 0 saturated carbocycles. The molecule has 2 aromatic rings. The number of nitro groups is 1. The van der Waals surface area contributed by atoms with E-state index in [9.17, 15) is 10.1 Å². The first kappa shape index (κ1) is 14.5. The summed E-state index contributed by atoms with van der Waals surface area (Å²) in [6.45, 7) is 3.19. The Labute approximate surface area is 121 Å². The van der Waals surface area contributed by atoms with E-state index in [2.05, 4.69) is 10.3 Å². The van der Waals surface area contributed by atoms with Gasteiger partial charge in [0.2, 0.25) is 0 Å². The summed E-state index contributed by atoms with van der Waals surface area (Å²) in [6, 6.07) is 4.88. The van der Waals surface area contributed by atoms with Crippen LogP contribution in [0.2, 0.25) is 5.02 Å². The van der Waals surface area contributed by atoms with Gasteiger partial charge in [-0.1, -0.05) is 11.6 Å². The lowest BCUT2D eigenvalue weighted by atomic mass is 10.1. The van der Waals surface area contributed by atoms with Gasteiger partial charge in [0.05, 0.1) is 11.3 Å². The molecule has 2 rings (SSSR count). The number of nitrogens with zero attached hydrogens (tertiary/aromatic N) is 3. The molecule has 1 atom stereocenters. The third kappa shape index (κ3) is 3.79. The number of hydrogen-bond donors (Lipinski definition) is 1. The van der Waals surface area contributed by atoms with Gasteiger partial charge in [0.15, 0.2) is 0 Å². The molecule has 0 amide bonds. The van der Waals surface area contributed by atoms with Gasteiger partial charge in [0.1, 0.15) is 0 Å². The zero-order chi connectivity index (χ0) is 14.5. The number of rotatable bonds is 6. The highest BCUT2D eigenvalue weighted by Gasteiger charge is 2.14. The average Bonchev–Trinajstić information content (AvgIpc) is 2.90. The molecule has 0 spiro atoms. The van der Waals surface area contributed by atoms with E-state index in [1.807, 2.05) is 17.7 Å². The molecule has 20 heavy (non-hydrogen) atoms. The van der Waals surface area contributed by atoms with E-state index >= 15 is 0 Å². The average molecular weight is 295 g/mol. The van der Waals surface area contributed by atoms with Crippen molar-refractivity contribution in [3.63, 3.8) is 0 Å². The summed E-state index contributed by atoms with van der Waals surface area (Å²) >= 11 is 5.78. The van der Waals surface area contributed by atoms with Crippen LogP contribution in [0.25, 0.3) is 0 Å². The van der Waals surface area contributed by atoms with Crippen molar-refractivity contribution in [2.75, 3.05) is 0 Å². The van der Waals surface area contributed by atoms with Crippen molar-refractivity contribution in [1.82, 2.24) is 14.9 Å². The third-order valence-electron chi connectivity index (χ3n) is 2.93. The summed E-state index contributed by atoms with van der Waals surface area (Å²) in [5.41, 5.74) is 0.664. The molecule has 0 fully saturated rings. The van der Waals surface area contributed by atoms with Gasteiger partial charge in [0.25, 0.3) is 5.69 Å². The number of imidazole rings is 1. The number of halogens is 1. The van der Waals surface area contributed by atoms with Gasteiger partial charge < -0.3 is 9.88 Å². The first-order valence-electron chi connectivity index (χ1n) is 6.18. The van der Waals surface area contributed by atoms with E-state index in [0.29, 0.717) is 17.1 Å². The summed E-state index contributed by atoms with van der Waals surface area (Å²) < 4.78 is 1.95. The lowest BCUT2D eigenvalue weighted by molar-refractivity contribution is -0.385. The van der Waals surface area contributed by atoms with Crippen LogP contribution in [0.5, 0.6) is 0 Å². The fraction of sp³-hybridized carbons (Fsp3) is 0.308. The Morgan fingerprint density at radius 3 is 3.00 bits per heavy atom. The van der Waals surface area contributed by atoms with Crippen LogP contribution >= 0.6 is 11.6 Å². The molecule has 0 aliphatic heterocycles. The first-order valence-corrected chi connectivity index (χ1v) is 6.56. The largest absolute Gasteiger partial charge is 0.336 e. The molecule has 1 aromatic carbocycles. The quantitative estimate of drug-likeness (QED) is 0.656. The molecule has 7 heteroatoms. The highest BCUT2D eigenvalue weighted by Crippen LogP contribution is 2.23. The number of nitrogens with one attached hydrogen (secondary N) is 1. The van der Waals surface area contributed by atoms with Gasteiger partial charge in [-0.3, -0.25) is 10.1 Å². The Bertz CT molecular complexity index is 586. The Morgan fingerprint density at radius 2 is 2.35 bits per heavy atom. The monoisotopic (exact) mass is 294 g/mol. The van der Waals surface area contributed by atoms with E-state index in [0.717, 1.165) is 6.54 Å². The lowest BCUT2D eigenvalue weighted by Crippen LogP contribution is -2.29. The van der Waals surface area contributed by atoms with Gasteiger partial charge in [-0.2, -0.15) is 0 Å². The Kier molecular flexibility index (Phi) is 4.70. The second-order valence-corrected chi connectivity index (χ2v) is 5.01. The summed E-state index contributed by atoms with van der Waals surface area (Å²) in [4.78, 5) is 14.5. The maximum absolute atomic E-state index is 11.0. The maximum atomic E-state index is 11.0. The van der Waals surface area contributed by atoms with Gasteiger partial charge in [-0.15, -0.1) is 0 Å². The Balaban J connectivity index is 1.98. The predicted molar refractivity (Wildman–Crippen MR) is 76.6 cm³/mol. The van der Waals surface area contributed by atoms with E-state index < -0.39 is 4.92 Å². The van der Waals surface area contributed by atoms with Crippen molar-refractivity contribution in [2.24, 2.45) is 0 Å². The van der Waals surface area contributed by atoms with Crippen molar-refractivity contribution >= 4 is 17.3 Å². The predicted octanol–water partition coefficient (Wildman–Crippen LogP) is 2.62. The van der Waals surface area contributed by atoms with E-state index in [1.165, 1.54) is 6.07 Å². The topological polar surface area (TPSA) is 73.0 Å². The van der Waals surface area contributed by atoms with Crippen LogP contribution in [0.3, 0.4) is 0 Å². The Morgan fingerprint density at radius 1 is 1.55 bits per heavy atom. The van der Waals surface area contributed by atoms with Crippen LogP contribution in [-0.2, 0) is 13.1 Å². The summed E-state index contributed by atoms with van der Waals surface area (Å²) in [5.74, 6) is 0. The van der Waals surface area contributed by atoms with Crippen molar-refractivity contribution in [2.45, 2.75) is 26.1 Å². The standard InChI is InChI=1S/C13H15ClN4O2/c1-10(8-17-5-4-15-9-17)16-7-11-2-3-12(14)6-13(11)18(19)20/h2-6,9-10,16H,7-8H2,1H3. The minimum atomic E-state index is -0.413. The van der Waals surface area contributed by atoms with Crippen molar-refractivity contribution in [1.29, 1.82) is 0 Å². The van der Waals surface area contributed by atoms with Crippen molar-refractivity contribution in [3.05, 3.63) is 57.6 Å². The minimum absolute atomic E-state index is 0.0415. The van der Waals surface area contributed by atoms with Crippen LogP contribution < -0.4 is 5.32 Å². The molecule has 1 heterocycles. The van der Waals surface area contributed by atoms with E-state index in [-0.39, 0.29) is 11.7 Å². The second kappa shape index (κ2) is 6.49. The molecule has 106 valence electrons. The molecule has 0 aliphatic rings. The highest BCUT2D eigenvalue weighted by atomic mass is 35.5. The number of hydrogen-bond acceptors (Lipinski definition) is 4. The molecular formula is C13H15ClN4O2. The minimum Gasteiger partial charge on any atom is -0.336 e. The normalized spacial score (nSPS) is 12.3. The van der Waals surface area contributed by atoms with Crippen molar-refractivity contribution in [3.8, 4) is 0 Å². The first-order chi connectivity index (χ1) is 9.56. The highest BCUT2D eigenvalue weighted by molar-refractivity contribution is 6.30.